The number of guanidine groups is 1. The van der Waals surface area contributed by atoms with E-state index in [0.29, 0.717) is 28.3 Å². The smallest absolute Gasteiger partial charge is 0.246 e. The standard InChI is InChI=1S/C24H30ClN5O3/c25-18-11-6-12-19(21(18)27-23(32)16-9-4-5-10-16)33-14-17-13-20(31)30-24(26-17)28-22(29-30)15-7-2-1-3-8-15/h2,6-7,11-12,15-17,22,29H,1,3-5,8-10,13-14H2,(H,26,28)(H,27,32). The van der Waals surface area contributed by atoms with Gasteiger partial charge in [-0.3, -0.25) is 9.59 Å². The van der Waals surface area contributed by atoms with Crippen molar-refractivity contribution in [1.29, 1.82) is 0 Å². The van der Waals surface area contributed by atoms with Crippen LogP contribution in [0.5, 0.6) is 5.75 Å². The fourth-order valence-corrected chi connectivity index (χ4v) is 5.20. The maximum Gasteiger partial charge on any atom is 0.246 e. The van der Waals surface area contributed by atoms with Crippen molar-refractivity contribution in [2.45, 2.75) is 63.6 Å². The Morgan fingerprint density at radius 2 is 2.09 bits per heavy atom. The summed E-state index contributed by atoms with van der Waals surface area (Å²) >= 11 is 6.38. The van der Waals surface area contributed by atoms with E-state index in [1.807, 2.05) is 0 Å². The van der Waals surface area contributed by atoms with Gasteiger partial charge >= 0.3 is 0 Å². The number of para-hydroxylation sites is 1. The first kappa shape index (κ1) is 22.2. The third kappa shape index (κ3) is 4.87. The van der Waals surface area contributed by atoms with Crippen molar-refractivity contribution < 1.29 is 14.3 Å². The van der Waals surface area contributed by atoms with Crippen molar-refractivity contribution in [3.8, 4) is 5.75 Å². The minimum absolute atomic E-state index is 0.0127. The van der Waals surface area contributed by atoms with Gasteiger partial charge in [-0.15, -0.1) is 0 Å². The molecule has 1 aromatic rings. The van der Waals surface area contributed by atoms with E-state index in [2.05, 4.69) is 28.2 Å². The van der Waals surface area contributed by atoms with Crippen LogP contribution < -0.4 is 20.8 Å². The van der Waals surface area contributed by atoms with Crippen LogP contribution in [-0.4, -0.2) is 41.6 Å². The highest BCUT2D eigenvalue weighted by molar-refractivity contribution is 6.34. The Balaban J connectivity index is 1.23. The molecule has 1 saturated carbocycles. The molecule has 3 atom stereocenters. The number of nitrogens with one attached hydrogen (secondary N) is 3. The van der Waals surface area contributed by atoms with Gasteiger partial charge in [-0.05, 0) is 44.2 Å². The summed E-state index contributed by atoms with van der Waals surface area (Å²) < 4.78 is 6.04. The van der Waals surface area contributed by atoms with Gasteiger partial charge in [-0.25, -0.2) is 10.0 Å². The number of allylic oxidation sites excluding steroid dienone is 1. The fourth-order valence-electron chi connectivity index (χ4n) is 4.98. The number of rotatable bonds is 6. The van der Waals surface area contributed by atoms with Gasteiger partial charge in [-0.2, -0.15) is 5.43 Å². The summed E-state index contributed by atoms with van der Waals surface area (Å²) in [6.45, 7) is 0.249. The number of benzene rings is 1. The summed E-state index contributed by atoms with van der Waals surface area (Å²) in [5, 5.41) is 8.25. The molecule has 5 rings (SSSR count). The number of halogens is 1. The molecule has 0 radical (unpaired) electrons. The third-order valence-corrected chi connectivity index (χ3v) is 7.14. The summed E-state index contributed by atoms with van der Waals surface area (Å²) in [5.74, 6) is 1.31. The highest BCUT2D eigenvalue weighted by atomic mass is 35.5. The molecule has 3 unspecified atom stereocenters. The normalized spacial score (nSPS) is 27.2. The van der Waals surface area contributed by atoms with Gasteiger partial charge in [0.2, 0.25) is 17.8 Å². The Labute approximate surface area is 198 Å². The van der Waals surface area contributed by atoms with E-state index in [1.54, 1.807) is 18.2 Å². The van der Waals surface area contributed by atoms with Crippen LogP contribution in [0, 0.1) is 11.8 Å². The second-order valence-corrected chi connectivity index (χ2v) is 9.63. The summed E-state index contributed by atoms with van der Waals surface area (Å²) in [7, 11) is 0. The molecular weight excluding hydrogens is 442 g/mol. The van der Waals surface area contributed by atoms with Crippen molar-refractivity contribution in [3.05, 3.63) is 35.4 Å². The first-order chi connectivity index (χ1) is 16.1. The lowest BCUT2D eigenvalue weighted by Gasteiger charge is -2.31. The number of anilines is 1. The van der Waals surface area contributed by atoms with Crippen molar-refractivity contribution in [3.63, 3.8) is 0 Å². The minimum Gasteiger partial charge on any atom is -0.489 e. The number of fused-ring (bicyclic) bond motifs is 1. The van der Waals surface area contributed by atoms with Crippen LogP contribution in [0.15, 0.2) is 35.3 Å². The van der Waals surface area contributed by atoms with Gasteiger partial charge in [-0.1, -0.05) is 42.7 Å². The molecule has 2 heterocycles. The van der Waals surface area contributed by atoms with Crippen molar-refractivity contribution >= 4 is 35.1 Å². The van der Waals surface area contributed by atoms with E-state index in [9.17, 15) is 9.59 Å². The monoisotopic (exact) mass is 471 g/mol. The van der Waals surface area contributed by atoms with E-state index in [-0.39, 0.29) is 43.0 Å². The lowest BCUT2D eigenvalue weighted by Crippen LogP contribution is -2.59. The molecule has 176 valence electrons. The van der Waals surface area contributed by atoms with Gasteiger partial charge in [0.05, 0.1) is 17.5 Å². The van der Waals surface area contributed by atoms with Gasteiger partial charge in [0.1, 0.15) is 24.2 Å². The Kier molecular flexibility index (Phi) is 6.55. The topological polar surface area (TPSA) is 95.1 Å². The molecule has 8 nitrogen and oxygen atoms in total. The molecular formula is C24H30ClN5O3. The number of hydrogen-bond acceptors (Lipinski definition) is 6. The summed E-state index contributed by atoms with van der Waals surface area (Å²) in [6.07, 6.45) is 11.8. The molecule has 4 aliphatic rings. The van der Waals surface area contributed by atoms with Crippen molar-refractivity contribution in [1.82, 2.24) is 15.8 Å². The highest BCUT2D eigenvalue weighted by Crippen LogP contribution is 2.35. The number of carbonyl (C=O) groups is 2. The van der Waals surface area contributed by atoms with Crippen LogP contribution in [0.1, 0.15) is 51.4 Å². The second kappa shape index (κ2) is 9.73. The van der Waals surface area contributed by atoms with Gasteiger partial charge in [0.15, 0.2) is 0 Å². The number of carbonyl (C=O) groups excluding carboxylic acids is 2. The second-order valence-electron chi connectivity index (χ2n) is 9.22. The SMILES string of the molecule is O=C(Nc1c(Cl)cccc1OCC1CC(=O)N2NC(C3C=CCCC3)N=C2N1)C1CCCC1. The summed E-state index contributed by atoms with van der Waals surface area (Å²) in [4.78, 5) is 30.1. The maximum absolute atomic E-state index is 12.7. The van der Waals surface area contributed by atoms with Crippen LogP contribution in [0.3, 0.4) is 0 Å². The largest absolute Gasteiger partial charge is 0.489 e. The van der Waals surface area contributed by atoms with Crippen LogP contribution in [0.25, 0.3) is 0 Å². The predicted octanol–water partition coefficient (Wildman–Crippen LogP) is 3.59. The maximum atomic E-state index is 12.7. The number of ether oxygens (including phenoxy) is 1. The van der Waals surface area contributed by atoms with E-state index >= 15 is 0 Å². The van der Waals surface area contributed by atoms with Gasteiger partial charge in [0, 0.05) is 11.8 Å². The first-order valence-electron chi connectivity index (χ1n) is 11.9. The molecule has 2 aliphatic carbocycles. The number of hydrazine groups is 1. The van der Waals surface area contributed by atoms with Crippen LogP contribution in [0.4, 0.5) is 5.69 Å². The molecule has 1 saturated heterocycles. The molecule has 2 fully saturated rings. The Morgan fingerprint density at radius 3 is 2.88 bits per heavy atom. The predicted molar refractivity (Wildman–Crippen MR) is 127 cm³/mol. The fraction of sp³-hybridized carbons (Fsp3) is 0.542. The number of aliphatic imine (C=N–C) groups is 1. The molecule has 33 heavy (non-hydrogen) atoms. The van der Waals surface area contributed by atoms with Crippen LogP contribution >= 0.6 is 11.6 Å². The van der Waals surface area contributed by atoms with E-state index in [4.69, 9.17) is 21.3 Å². The quantitative estimate of drug-likeness (QED) is 0.551. The average molecular weight is 472 g/mol. The van der Waals surface area contributed by atoms with Gasteiger partial charge in [0.25, 0.3) is 0 Å². The van der Waals surface area contributed by atoms with E-state index in [1.165, 1.54) is 5.01 Å². The zero-order valence-electron chi connectivity index (χ0n) is 18.6. The lowest BCUT2D eigenvalue weighted by molar-refractivity contribution is -0.131. The zero-order chi connectivity index (χ0) is 22.8. The summed E-state index contributed by atoms with van der Waals surface area (Å²) in [5.41, 5.74) is 3.72. The molecule has 9 heteroatoms. The highest BCUT2D eigenvalue weighted by Gasteiger charge is 2.39. The van der Waals surface area contributed by atoms with E-state index < -0.39 is 0 Å². The third-order valence-electron chi connectivity index (χ3n) is 6.82. The number of amides is 2. The minimum atomic E-state index is -0.229. The average Bonchev–Trinajstić information content (AvgIpc) is 3.51. The number of nitrogens with zero attached hydrogens (tertiary/aromatic N) is 2. The van der Waals surface area contributed by atoms with Crippen LogP contribution in [0.2, 0.25) is 5.02 Å². The molecule has 1 aromatic carbocycles. The van der Waals surface area contributed by atoms with Crippen molar-refractivity contribution in [2.75, 3.05) is 11.9 Å². The Hall–Kier alpha value is -2.58. The Morgan fingerprint density at radius 1 is 1.24 bits per heavy atom. The molecule has 0 bridgehead atoms. The zero-order valence-corrected chi connectivity index (χ0v) is 19.3. The van der Waals surface area contributed by atoms with Crippen molar-refractivity contribution in [2.24, 2.45) is 16.8 Å². The first-order valence-corrected chi connectivity index (χ1v) is 12.3. The van der Waals surface area contributed by atoms with Gasteiger partial charge < -0.3 is 15.4 Å². The van der Waals surface area contributed by atoms with Crippen LogP contribution in [-0.2, 0) is 9.59 Å². The molecule has 3 N–H and O–H groups in total. The molecule has 2 aliphatic heterocycles. The molecule has 0 aromatic heterocycles. The molecule has 2 amide bonds. The molecule has 0 spiro atoms. The summed E-state index contributed by atoms with van der Waals surface area (Å²) in [6, 6.07) is 5.08. The Bertz CT molecular complexity index is 975. The number of hydrogen-bond donors (Lipinski definition) is 3. The van der Waals surface area contributed by atoms with E-state index in [0.717, 1.165) is 44.9 Å². The lowest BCUT2D eigenvalue weighted by atomic mass is 9.94.